The van der Waals surface area contributed by atoms with E-state index in [2.05, 4.69) is 9.97 Å². The fourth-order valence-corrected chi connectivity index (χ4v) is 0.978. The van der Waals surface area contributed by atoms with Crippen LogP contribution < -0.4 is 11.5 Å². The van der Waals surface area contributed by atoms with Gasteiger partial charge in [0.05, 0.1) is 0 Å². The highest BCUT2D eigenvalue weighted by molar-refractivity contribution is 5.63. The lowest BCUT2D eigenvalue weighted by atomic mass is 10.1. The summed E-state index contributed by atoms with van der Waals surface area (Å²) in [5, 5.41) is 9.24. The normalized spacial score (nSPS) is 10.7. The summed E-state index contributed by atoms with van der Waals surface area (Å²) in [7, 11) is 0. The zero-order valence-electron chi connectivity index (χ0n) is 7.78. The molecule has 0 fully saturated rings. The second-order valence-corrected chi connectivity index (χ2v) is 3.36. The smallest absolute Gasteiger partial charge is 0.240 e. The number of anilines is 2. The Bertz CT molecular complexity index is 288. The summed E-state index contributed by atoms with van der Waals surface area (Å²) in [4.78, 5) is 7.77. The molecule has 0 amide bonds. The molecule has 0 spiro atoms. The number of nitrogens with zero attached hydrogens (tertiary/aromatic N) is 2. The first-order valence-corrected chi connectivity index (χ1v) is 4.11. The maximum atomic E-state index is 9.24. The summed E-state index contributed by atoms with van der Waals surface area (Å²) in [6.07, 6.45) is 0.679. The van der Waals surface area contributed by atoms with Gasteiger partial charge in [0.1, 0.15) is 11.5 Å². The molecule has 1 aromatic rings. The van der Waals surface area contributed by atoms with Crippen molar-refractivity contribution in [2.24, 2.45) is 5.92 Å². The molecule has 1 aromatic heterocycles. The number of nitrogens with two attached hydrogens (primary N) is 2. The van der Waals surface area contributed by atoms with Crippen molar-refractivity contribution < 1.29 is 5.11 Å². The van der Waals surface area contributed by atoms with E-state index in [4.69, 9.17) is 11.5 Å². The number of aromatic hydroxyl groups is 1. The van der Waals surface area contributed by atoms with Crippen molar-refractivity contribution in [3.8, 4) is 5.88 Å². The van der Waals surface area contributed by atoms with Gasteiger partial charge in [-0.15, -0.1) is 0 Å². The van der Waals surface area contributed by atoms with Crippen LogP contribution in [0.2, 0.25) is 0 Å². The minimum atomic E-state index is -0.233. The molecule has 0 aliphatic heterocycles. The van der Waals surface area contributed by atoms with E-state index in [-0.39, 0.29) is 17.4 Å². The van der Waals surface area contributed by atoms with E-state index in [0.717, 1.165) is 0 Å². The van der Waals surface area contributed by atoms with Gasteiger partial charge in [-0.2, -0.15) is 4.98 Å². The molecule has 0 saturated carbocycles. The van der Waals surface area contributed by atoms with Crippen LogP contribution in [0.5, 0.6) is 5.88 Å². The molecule has 13 heavy (non-hydrogen) atoms. The summed E-state index contributed by atoms with van der Waals surface area (Å²) in [5.74, 6) is 0.855. The lowest BCUT2D eigenvalue weighted by Gasteiger charge is -2.06. The molecule has 5 nitrogen and oxygen atoms in total. The average molecular weight is 182 g/mol. The monoisotopic (exact) mass is 182 g/mol. The zero-order valence-corrected chi connectivity index (χ0v) is 7.78. The van der Waals surface area contributed by atoms with Gasteiger partial charge in [0.15, 0.2) is 5.82 Å². The van der Waals surface area contributed by atoms with Crippen LogP contribution in [0.25, 0.3) is 0 Å². The molecule has 5 heteroatoms. The highest BCUT2D eigenvalue weighted by atomic mass is 16.3. The summed E-state index contributed by atoms with van der Waals surface area (Å²) in [6.45, 7) is 4.07. The minimum Gasteiger partial charge on any atom is -0.492 e. The largest absolute Gasteiger partial charge is 0.492 e. The van der Waals surface area contributed by atoms with Crippen LogP contribution in [-0.4, -0.2) is 15.1 Å². The van der Waals surface area contributed by atoms with Crippen LogP contribution >= 0.6 is 0 Å². The molecule has 0 radical (unpaired) electrons. The predicted molar refractivity (Wildman–Crippen MR) is 51.1 cm³/mol. The van der Waals surface area contributed by atoms with E-state index in [0.29, 0.717) is 18.2 Å². The van der Waals surface area contributed by atoms with Crippen LogP contribution in [0.1, 0.15) is 19.7 Å². The van der Waals surface area contributed by atoms with Crippen LogP contribution in [0.3, 0.4) is 0 Å². The van der Waals surface area contributed by atoms with Gasteiger partial charge >= 0.3 is 0 Å². The van der Waals surface area contributed by atoms with Crippen molar-refractivity contribution in [3.63, 3.8) is 0 Å². The first-order chi connectivity index (χ1) is 6.00. The quantitative estimate of drug-likeness (QED) is 0.620. The van der Waals surface area contributed by atoms with Gasteiger partial charge < -0.3 is 16.6 Å². The maximum Gasteiger partial charge on any atom is 0.240 e. The molecule has 0 bridgehead atoms. The Hall–Kier alpha value is -1.52. The average Bonchev–Trinajstić information content (AvgIpc) is 1.98. The highest BCUT2D eigenvalue weighted by Crippen LogP contribution is 2.22. The Morgan fingerprint density at radius 3 is 2.38 bits per heavy atom. The Balaban J connectivity index is 2.99. The van der Waals surface area contributed by atoms with Gasteiger partial charge in [-0.25, -0.2) is 4.98 Å². The summed E-state index contributed by atoms with van der Waals surface area (Å²) >= 11 is 0. The van der Waals surface area contributed by atoms with Crippen LogP contribution in [0.4, 0.5) is 11.5 Å². The van der Waals surface area contributed by atoms with Crippen LogP contribution in [0.15, 0.2) is 0 Å². The topological polar surface area (TPSA) is 98.0 Å². The van der Waals surface area contributed by atoms with Gasteiger partial charge in [-0.1, -0.05) is 13.8 Å². The number of rotatable bonds is 2. The van der Waals surface area contributed by atoms with Crippen molar-refractivity contribution in [1.82, 2.24) is 9.97 Å². The van der Waals surface area contributed by atoms with Gasteiger partial charge in [0.25, 0.3) is 0 Å². The van der Waals surface area contributed by atoms with Crippen molar-refractivity contribution in [2.45, 2.75) is 20.3 Å². The fourth-order valence-electron chi connectivity index (χ4n) is 0.978. The molecule has 0 atom stereocenters. The van der Waals surface area contributed by atoms with Crippen molar-refractivity contribution in [2.75, 3.05) is 11.5 Å². The molecule has 0 aromatic carbocycles. The molecule has 5 N–H and O–H groups in total. The summed E-state index contributed by atoms with van der Waals surface area (Å²) < 4.78 is 0. The minimum absolute atomic E-state index is 0.0486. The fraction of sp³-hybridized carbons (Fsp3) is 0.500. The highest BCUT2D eigenvalue weighted by Gasteiger charge is 2.08. The van der Waals surface area contributed by atoms with E-state index < -0.39 is 0 Å². The lowest BCUT2D eigenvalue weighted by Crippen LogP contribution is -2.06. The molecule has 0 unspecified atom stereocenters. The first kappa shape index (κ1) is 9.57. The van der Waals surface area contributed by atoms with E-state index in [1.54, 1.807) is 0 Å². The van der Waals surface area contributed by atoms with Gasteiger partial charge in [0, 0.05) is 6.42 Å². The molecule has 1 heterocycles. The predicted octanol–water partition coefficient (Wildman–Crippen LogP) is 0.545. The second kappa shape index (κ2) is 3.47. The van der Waals surface area contributed by atoms with Gasteiger partial charge in [-0.05, 0) is 5.92 Å². The number of aromatic nitrogens is 2. The SMILES string of the molecule is CC(C)Cc1nc(N)c(N)c(O)n1. The second-order valence-electron chi connectivity index (χ2n) is 3.36. The standard InChI is InChI=1S/C8H14N4O/c1-4(2)3-5-11-7(10)6(9)8(13)12-5/h4H,3,9H2,1-2H3,(H3,10,11,12,13). The molecular weight excluding hydrogens is 168 g/mol. The van der Waals surface area contributed by atoms with E-state index >= 15 is 0 Å². The summed E-state index contributed by atoms with van der Waals surface area (Å²) in [5.41, 5.74) is 10.9. The Morgan fingerprint density at radius 2 is 1.92 bits per heavy atom. The molecule has 72 valence electrons. The molecule has 0 aliphatic rings. The van der Waals surface area contributed by atoms with E-state index in [9.17, 15) is 5.11 Å². The first-order valence-electron chi connectivity index (χ1n) is 4.11. The van der Waals surface area contributed by atoms with Gasteiger partial charge in [0.2, 0.25) is 5.88 Å². The number of hydrogen-bond acceptors (Lipinski definition) is 5. The third-order valence-corrected chi connectivity index (χ3v) is 1.59. The third-order valence-electron chi connectivity index (χ3n) is 1.59. The molecule has 0 aliphatic carbocycles. The van der Waals surface area contributed by atoms with E-state index in [1.807, 2.05) is 13.8 Å². The van der Waals surface area contributed by atoms with E-state index in [1.165, 1.54) is 0 Å². The molecule has 0 saturated heterocycles. The maximum absolute atomic E-state index is 9.24. The zero-order chi connectivity index (χ0) is 10.0. The van der Waals surface area contributed by atoms with Crippen LogP contribution in [0, 0.1) is 5.92 Å². The van der Waals surface area contributed by atoms with Crippen molar-refractivity contribution in [3.05, 3.63) is 5.82 Å². The lowest BCUT2D eigenvalue weighted by molar-refractivity contribution is 0.450. The molecule has 1 rings (SSSR count). The number of nitrogen functional groups attached to an aromatic ring is 2. The third kappa shape index (κ3) is 2.21. The number of hydrogen-bond donors (Lipinski definition) is 3. The van der Waals surface area contributed by atoms with Gasteiger partial charge in [-0.3, -0.25) is 0 Å². The van der Waals surface area contributed by atoms with Crippen LogP contribution in [-0.2, 0) is 6.42 Å². The Labute approximate surface area is 76.8 Å². The Morgan fingerprint density at radius 1 is 1.31 bits per heavy atom. The molecular formula is C8H14N4O. The Kier molecular flexibility index (Phi) is 2.55. The van der Waals surface area contributed by atoms with Crippen molar-refractivity contribution in [1.29, 1.82) is 0 Å². The van der Waals surface area contributed by atoms with Crippen molar-refractivity contribution >= 4 is 11.5 Å². The summed E-state index contributed by atoms with van der Waals surface area (Å²) in [6, 6.07) is 0.